The van der Waals surface area contributed by atoms with E-state index in [0.29, 0.717) is 5.92 Å². The van der Waals surface area contributed by atoms with Gasteiger partial charge in [-0.2, -0.15) is 0 Å². The standard InChI is InChI=1S/C9H20O2/c1-7(2)5-6-11-9(4)8(3)10/h7-10H,5-6H2,1-4H3/t8-,9?/m1/s1. The molecule has 0 saturated heterocycles. The second kappa shape index (κ2) is 5.56. The summed E-state index contributed by atoms with van der Waals surface area (Å²) in [5.74, 6) is 0.677. The molecule has 0 aromatic carbocycles. The van der Waals surface area contributed by atoms with Gasteiger partial charge in [0, 0.05) is 6.61 Å². The molecule has 0 radical (unpaired) electrons. The van der Waals surface area contributed by atoms with Crippen LogP contribution in [0.5, 0.6) is 0 Å². The minimum atomic E-state index is -0.359. The minimum Gasteiger partial charge on any atom is -0.391 e. The molecule has 0 aliphatic rings. The van der Waals surface area contributed by atoms with Gasteiger partial charge in [-0.15, -0.1) is 0 Å². The van der Waals surface area contributed by atoms with Crippen LogP contribution in [0.2, 0.25) is 0 Å². The number of hydrogen-bond donors (Lipinski definition) is 1. The molecule has 0 bridgehead atoms. The predicted molar refractivity (Wildman–Crippen MR) is 46.5 cm³/mol. The molecule has 0 heterocycles. The van der Waals surface area contributed by atoms with Gasteiger partial charge in [-0.3, -0.25) is 0 Å². The molecule has 1 N–H and O–H groups in total. The van der Waals surface area contributed by atoms with E-state index in [9.17, 15) is 0 Å². The second-order valence-electron chi connectivity index (χ2n) is 3.50. The Kier molecular flexibility index (Phi) is 5.51. The molecule has 0 amide bonds. The zero-order valence-corrected chi connectivity index (χ0v) is 8.00. The maximum Gasteiger partial charge on any atom is 0.0803 e. The molecule has 0 spiro atoms. The fraction of sp³-hybridized carbons (Fsp3) is 1.00. The number of hydrogen-bond acceptors (Lipinski definition) is 2. The Hall–Kier alpha value is -0.0800. The van der Waals surface area contributed by atoms with Crippen LogP contribution in [0.15, 0.2) is 0 Å². The summed E-state index contributed by atoms with van der Waals surface area (Å²) in [4.78, 5) is 0. The van der Waals surface area contributed by atoms with Crippen molar-refractivity contribution >= 4 is 0 Å². The van der Waals surface area contributed by atoms with Crippen LogP contribution in [0.4, 0.5) is 0 Å². The SMILES string of the molecule is CC(C)CCOC(C)[C@@H](C)O. The second-order valence-corrected chi connectivity index (χ2v) is 3.50. The van der Waals surface area contributed by atoms with Crippen LogP contribution >= 0.6 is 0 Å². The molecular formula is C9H20O2. The van der Waals surface area contributed by atoms with Crippen molar-refractivity contribution < 1.29 is 9.84 Å². The van der Waals surface area contributed by atoms with E-state index in [1.807, 2.05) is 6.92 Å². The summed E-state index contributed by atoms with van der Waals surface area (Å²) in [5.41, 5.74) is 0. The Balaban J connectivity index is 3.24. The van der Waals surface area contributed by atoms with Gasteiger partial charge in [-0.25, -0.2) is 0 Å². The van der Waals surface area contributed by atoms with Crippen molar-refractivity contribution in [2.45, 2.75) is 46.3 Å². The monoisotopic (exact) mass is 160 g/mol. The zero-order chi connectivity index (χ0) is 8.85. The van der Waals surface area contributed by atoms with Gasteiger partial charge in [0.2, 0.25) is 0 Å². The zero-order valence-electron chi connectivity index (χ0n) is 8.00. The summed E-state index contributed by atoms with van der Waals surface area (Å²) < 4.78 is 5.36. The molecule has 0 fully saturated rings. The van der Waals surface area contributed by atoms with E-state index in [2.05, 4.69) is 13.8 Å². The van der Waals surface area contributed by atoms with E-state index in [0.717, 1.165) is 13.0 Å². The van der Waals surface area contributed by atoms with E-state index < -0.39 is 0 Å². The Morgan fingerprint density at radius 3 is 2.09 bits per heavy atom. The van der Waals surface area contributed by atoms with Gasteiger partial charge in [-0.05, 0) is 26.2 Å². The average Bonchev–Trinajstić information content (AvgIpc) is 1.86. The number of aliphatic hydroxyl groups is 1. The van der Waals surface area contributed by atoms with E-state index in [1.54, 1.807) is 6.92 Å². The van der Waals surface area contributed by atoms with Crippen molar-refractivity contribution in [1.29, 1.82) is 0 Å². The van der Waals surface area contributed by atoms with E-state index in [4.69, 9.17) is 9.84 Å². The summed E-state index contributed by atoms with van der Waals surface area (Å²) in [6.45, 7) is 8.72. The highest BCUT2D eigenvalue weighted by Crippen LogP contribution is 2.03. The van der Waals surface area contributed by atoms with Crippen molar-refractivity contribution in [2.24, 2.45) is 5.92 Å². The highest BCUT2D eigenvalue weighted by Gasteiger charge is 2.08. The molecule has 0 aromatic rings. The van der Waals surface area contributed by atoms with Crippen LogP contribution < -0.4 is 0 Å². The summed E-state index contributed by atoms with van der Waals surface area (Å²) >= 11 is 0. The van der Waals surface area contributed by atoms with Crippen LogP contribution in [0.1, 0.15) is 34.1 Å². The first-order valence-electron chi connectivity index (χ1n) is 4.33. The summed E-state index contributed by atoms with van der Waals surface area (Å²) in [6, 6.07) is 0. The van der Waals surface area contributed by atoms with E-state index in [-0.39, 0.29) is 12.2 Å². The third-order valence-corrected chi connectivity index (χ3v) is 1.76. The Morgan fingerprint density at radius 2 is 1.73 bits per heavy atom. The molecule has 1 unspecified atom stereocenters. The van der Waals surface area contributed by atoms with Crippen molar-refractivity contribution in [3.63, 3.8) is 0 Å². The molecule has 0 aromatic heterocycles. The van der Waals surface area contributed by atoms with Gasteiger partial charge in [-0.1, -0.05) is 13.8 Å². The van der Waals surface area contributed by atoms with Gasteiger partial charge in [0.25, 0.3) is 0 Å². The molecule has 11 heavy (non-hydrogen) atoms. The number of rotatable bonds is 5. The highest BCUT2D eigenvalue weighted by atomic mass is 16.5. The van der Waals surface area contributed by atoms with Crippen molar-refractivity contribution in [3.05, 3.63) is 0 Å². The topological polar surface area (TPSA) is 29.5 Å². The third-order valence-electron chi connectivity index (χ3n) is 1.76. The van der Waals surface area contributed by atoms with Gasteiger partial charge in [0.15, 0.2) is 0 Å². The average molecular weight is 160 g/mol. The molecule has 2 atom stereocenters. The van der Waals surface area contributed by atoms with Gasteiger partial charge in [0.05, 0.1) is 12.2 Å². The molecule has 0 saturated carbocycles. The normalized spacial score (nSPS) is 16.9. The first-order chi connectivity index (χ1) is 5.04. The molecule has 0 rings (SSSR count). The van der Waals surface area contributed by atoms with Gasteiger partial charge < -0.3 is 9.84 Å². The molecule has 0 aliphatic heterocycles. The maximum absolute atomic E-state index is 9.06. The highest BCUT2D eigenvalue weighted by molar-refractivity contribution is 4.56. The van der Waals surface area contributed by atoms with Crippen LogP contribution in [-0.2, 0) is 4.74 Å². The Bertz CT molecular complexity index is 89.6. The van der Waals surface area contributed by atoms with Crippen LogP contribution in [0.3, 0.4) is 0 Å². The first kappa shape index (κ1) is 10.9. The van der Waals surface area contributed by atoms with E-state index in [1.165, 1.54) is 0 Å². The van der Waals surface area contributed by atoms with Crippen LogP contribution in [0.25, 0.3) is 0 Å². The van der Waals surface area contributed by atoms with Crippen molar-refractivity contribution in [3.8, 4) is 0 Å². The number of ether oxygens (including phenoxy) is 1. The lowest BCUT2D eigenvalue weighted by Gasteiger charge is -2.16. The Labute approximate surface area is 69.6 Å². The maximum atomic E-state index is 9.06. The van der Waals surface area contributed by atoms with Gasteiger partial charge in [0.1, 0.15) is 0 Å². The Morgan fingerprint density at radius 1 is 1.18 bits per heavy atom. The minimum absolute atomic E-state index is 0.0336. The molecule has 0 aliphatic carbocycles. The lowest BCUT2D eigenvalue weighted by molar-refractivity contribution is -0.0215. The summed E-state index contributed by atoms with van der Waals surface area (Å²) in [6.07, 6.45) is 0.674. The first-order valence-corrected chi connectivity index (χ1v) is 4.33. The van der Waals surface area contributed by atoms with Gasteiger partial charge >= 0.3 is 0 Å². The smallest absolute Gasteiger partial charge is 0.0803 e. The van der Waals surface area contributed by atoms with Crippen molar-refractivity contribution in [2.75, 3.05) is 6.61 Å². The molecule has 2 nitrogen and oxygen atoms in total. The molecule has 68 valence electrons. The van der Waals surface area contributed by atoms with E-state index >= 15 is 0 Å². The van der Waals surface area contributed by atoms with Crippen LogP contribution in [0, 0.1) is 5.92 Å². The molecular weight excluding hydrogens is 140 g/mol. The third kappa shape index (κ3) is 6.32. The quantitative estimate of drug-likeness (QED) is 0.664. The summed E-state index contributed by atoms with van der Waals surface area (Å²) in [5, 5.41) is 9.06. The fourth-order valence-electron chi connectivity index (χ4n) is 0.629. The summed E-state index contributed by atoms with van der Waals surface area (Å²) in [7, 11) is 0. The lowest BCUT2D eigenvalue weighted by atomic mass is 10.1. The fourth-order valence-corrected chi connectivity index (χ4v) is 0.629. The predicted octanol–water partition coefficient (Wildman–Crippen LogP) is 1.82. The lowest BCUT2D eigenvalue weighted by Crippen LogP contribution is -2.23. The number of aliphatic hydroxyl groups excluding tert-OH is 1. The van der Waals surface area contributed by atoms with Crippen LogP contribution in [-0.4, -0.2) is 23.9 Å². The largest absolute Gasteiger partial charge is 0.391 e. The van der Waals surface area contributed by atoms with Crippen molar-refractivity contribution in [1.82, 2.24) is 0 Å². The molecule has 2 heteroatoms.